The normalized spacial score (nSPS) is 12.6. The molecule has 14 heavy (non-hydrogen) atoms. The van der Waals surface area contributed by atoms with Crippen LogP contribution in [0.2, 0.25) is 0 Å². The molecule has 2 nitrogen and oxygen atoms in total. The molecule has 0 aliphatic carbocycles. The summed E-state index contributed by atoms with van der Waals surface area (Å²) in [5.41, 5.74) is 0.300. The van der Waals surface area contributed by atoms with Gasteiger partial charge in [0, 0.05) is 6.08 Å². The summed E-state index contributed by atoms with van der Waals surface area (Å²) in [5, 5.41) is 0. The lowest BCUT2D eigenvalue weighted by molar-refractivity contribution is -0.137. The van der Waals surface area contributed by atoms with Gasteiger partial charge in [-0.15, -0.1) is 0 Å². The molecule has 0 atom stereocenters. The molecule has 0 aromatic rings. The van der Waals surface area contributed by atoms with Crippen molar-refractivity contribution >= 4 is 5.97 Å². The van der Waals surface area contributed by atoms with Gasteiger partial charge in [0.2, 0.25) is 0 Å². The summed E-state index contributed by atoms with van der Waals surface area (Å²) >= 11 is 0. The lowest BCUT2D eigenvalue weighted by Crippen LogP contribution is -2.01. The molecule has 0 heterocycles. The molecule has 0 aliphatic rings. The molecule has 0 fully saturated rings. The zero-order valence-corrected chi connectivity index (χ0v) is 9.54. The van der Waals surface area contributed by atoms with Gasteiger partial charge in [0.25, 0.3) is 0 Å². The fraction of sp³-hybridized carbons (Fsp3) is 0.583. The van der Waals surface area contributed by atoms with E-state index >= 15 is 0 Å². The van der Waals surface area contributed by atoms with Crippen LogP contribution in [0.1, 0.15) is 34.1 Å². The van der Waals surface area contributed by atoms with Gasteiger partial charge in [0.1, 0.15) is 0 Å². The number of allylic oxidation sites excluding steroid dienone is 3. The largest absolute Gasteiger partial charge is 0.463 e. The molecule has 80 valence electrons. The van der Waals surface area contributed by atoms with Gasteiger partial charge in [-0.2, -0.15) is 0 Å². The summed E-state index contributed by atoms with van der Waals surface area (Å²) in [4.78, 5) is 10.9. The van der Waals surface area contributed by atoms with Crippen LogP contribution in [-0.2, 0) is 9.53 Å². The number of carbonyl (C=O) groups is 1. The minimum Gasteiger partial charge on any atom is -0.463 e. The van der Waals surface area contributed by atoms with Gasteiger partial charge in [0.15, 0.2) is 0 Å². The predicted octanol–water partition coefficient (Wildman–Crippen LogP) is 3.10. The van der Waals surface area contributed by atoms with Crippen molar-refractivity contribution in [1.82, 2.24) is 0 Å². The first-order chi connectivity index (χ1) is 6.45. The Morgan fingerprint density at radius 2 is 1.93 bits per heavy atom. The number of hydrogen-bond acceptors (Lipinski definition) is 2. The highest BCUT2D eigenvalue weighted by molar-refractivity contribution is 5.82. The van der Waals surface area contributed by atoms with E-state index in [0.717, 1.165) is 6.42 Å². The Kier molecular flexibility index (Phi) is 5.93. The van der Waals surface area contributed by atoms with E-state index in [1.807, 2.05) is 6.08 Å². The molecule has 0 saturated heterocycles. The van der Waals surface area contributed by atoms with Crippen LogP contribution in [0.15, 0.2) is 24.3 Å². The molecular weight excluding hydrogens is 176 g/mol. The lowest BCUT2D eigenvalue weighted by atomic mass is 9.92. The second-order valence-electron chi connectivity index (χ2n) is 4.30. The smallest absolute Gasteiger partial charge is 0.330 e. The van der Waals surface area contributed by atoms with Gasteiger partial charge in [0.05, 0.1) is 6.61 Å². The van der Waals surface area contributed by atoms with Gasteiger partial charge < -0.3 is 4.74 Å². The number of esters is 1. The standard InChI is InChI=1S/C12H20O2/c1-5-14-11(13)9-7-6-8-10-12(2,3)4/h6-9H,5,10H2,1-4H3. The minimum atomic E-state index is -0.284. The Labute approximate surface area is 86.6 Å². The topological polar surface area (TPSA) is 26.3 Å². The number of rotatable bonds is 4. The lowest BCUT2D eigenvalue weighted by Gasteiger charge is -2.13. The molecule has 0 bridgehead atoms. The van der Waals surface area contributed by atoms with E-state index in [-0.39, 0.29) is 5.97 Å². The van der Waals surface area contributed by atoms with E-state index in [9.17, 15) is 4.79 Å². The van der Waals surface area contributed by atoms with E-state index in [1.54, 1.807) is 13.0 Å². The first-order valence-electron chi connectivity index (χ1n) is 4.95. The number of hydrogen-bond donors (Lipinski definition) is 0. The first-order valence-corrected chi connectivity index (χ1v) is 4.95. The zero-order chi connectivity index (χ0) is 11.0. The Morgan fingerprint density at radius 1 is 1.29 bits per heavy atom. The fourth-order valence-electron chi connectivity index (χ4n) is 0.825. The molecule has 0 amide bonds. The van der Waals surface area contributed by atoms with E-state index < -0.39 is 0 Å². The molecule has 0 unspecified atom stereocenters. The van der Waals surface area contributed by atoms with Gasteiger partial charge in [-0.3, -0.25) is 0 Å². The summed E-state index contributed by atoms with van der Waals surface area (Å²) in [6.07, 6.45) is 8.07. The predicted molar refractivity (Wildman–Crippen MR) is 59.0 cm³/mol. The molecule has 0 radical (unpaired) electrons. The highest BCUT2D eigenvalue weighted by Gasteiger charge is 2.05. The van der Waals surface area contributed by atoms with Crippen LogP contribution in [0.3, 0.4) is 0 Å². The maximum absolute atomic E-state index is 10.9. The van der Waals surface area contributed by atoms with Gasteiger partial charge in [-0.1, -0.05) is 39.0 Å². The van der Waals surface area contributed by atoms with Gasteiger partial charge in [-0.25, -0.2) is 4.79 Å². The maximum atomic E-state index is 10.9. The van der Waals surface area contributed by atoms with Crippen molar-refractivity contribution in [3.8, 4) is 0 Å². The van der Waals surface area contributed by atoms with E-state index in [0.29, 0.717) is 12.0 Å². The summed E-state index contributed by atoms with van der Waals surface area (Å²) in [6, 6.07) is 0. The zero-order valence-electron chi connectivity index (χ0n) is 9.54. The average Bonchev–Trinajstić information content (AvgIpc) is 2.02. The van der Waals surface area contributed by atoms with Crippen LogP contribution in [0, 0.1) is 5.41 Å². The molecule has 0 rings (SSSR count). The highest BCUT2D eigenvalue weighted by atomic mass is 16.5. The Bertz CT molecular complexity index is 219. The highest BCUT2D eigenvalue weighted by Crippen LogP contribution is 2.18. The van der Waals surface area contributed by atoms with Crippen molar-refractivity contribution in [2.24, 2.45) is 5.41 Å². The van der Waals surface area contributed by atoms with Crippen LogP contribution in [-0.4, -0.2) is 12.6 Å². The van der Waals surface area contributed by atoms with Gasteiger partial charge in [-0.05, 0) is 18.8 Å². The van der Waals surface area contributed by atoms with Crippen molar-refractivity contribution < 1.29 is 9.53 Å². The van der Waals surface area contributed by atoms with Crippen molar-refractivity contribution in [1.29, 1.82) is 0 Å². The second-order valence-corrected chi connectivity index (χ2v) is 4.30. The molecule has 0 N–H and O–H groups in total. The molecular formula is C12H20O2. The molecule has 0 aromatic heterocycles. The minimum absolute atomic E-state index is 0.284. The van der Waals surface area contributed by atoms with Crippen LogP contribution in [0.4, 0.5) is 0 Å². The van der Waals surface area contributed by atoms with Crippen LogP contribution in [0.25, 0.3) is 0 Å². The molecule has 0 saturated carbocycles. The third-order valence-electron chi connectivity index (χ3n) is 1.50. The Morgan fingerprint density at radius 3 is 2.43 bits per heavy atom. The molecule has 0 aromatic carbocycles. The molecule has 2 heteroatoms. The van der Waals surface area contributed by atoms with Crippen LogP contribution < -0.4 is 0 Å². The second kappa shape index (κ2) is 6.41. The third-order valence-corrected chi connectivity index (χ3v) is 1.50. The summed E-state index contributed by atoms with van der Waals surface area (Å²) in [5.74, 6) is -0.284. The Balaban J connectivity index is 3.76. The summed E-state index contributed by atoms with van der Waals surface area (Å²) in [6.45, 7) is 8.74. The van der Waals surface area contributed by atoms with Crippen molar-refractivity contribution in [3.05, 3.63) is 24.3 Å². The van der Waals surface area contributed by atoms with Crippen LogP contribution in [0.5, 0.6) is 0 Å². The summed E-state index contributed by atoms with van der Waals surface area (Å²) < 4.78 is 4.73. The molecule has 0 aliphatic heterocycles. The number of ether oxygens (including phenoxy) is 1. The number of carbonyl (C=O) groups excluding carboxylic acids is 1. The Hall–Kier alpha value is -1.05. The van der Waals surface area contributed by atoms with Crippen molar-refractivity contribution in [2.75, 3.05) is 6.61 Å². The quantitative estimate of drug-likeness (QED) is 0.392. The third kappa shape index (κ3) is 9.04. The maximum Gasteiger partial charge on any atom is 0.330 e. The summed E-state index contributed by atoms with van der Waals surface area (Å²) in [7, 11) is 0. The van der Waals surface area contributed by atoms with E-state index in [2.05, 4.69) is 26.8 Å². The van der Waals surface area contributed by atoms with Crippen LogP contribution >= 0.6 is 0 Å². The van der Waals surface area contributed by atoms with E-state index in [1.165, 1.54) is 6.08 Å². The fourth-order valence-corrected chi connectivity index (χ4v) is 0.825. The SMILES string of the molecule is CCOC(=O)C=CC=CCC(C)(C)C. The average molecular weight is 196 g/mol. The van der Waals surface area contributed by atoms with Gasteiger partial charge >= 0.3 is 5.97 Å². The molecule has 0 spiro atoms. The monoisotopic (exact) mass is 196 g/mol. The van der Waals surface area contributed by atoms with Crippen molar-refractivity contribution in [3.63, 3.8) is 0 Å². The van der Waals surface area contributed by atoms with E-state index in [4.69, 9.17) is 4.74 Å². The first kappa shape index (κ1) is 12.9. The van der Waals surface area contributed by atoms with Crippen molar-refractivity contribution in [2.45, 2.75) is 34.1 Å².